The van der Waals surface area contributed by atoms with Crippen LogP contribution in [0.2, 0.25) is 0 Å². The molecular formula is C11H24N2O4. The molecular weight excluding hydrogens is 224 g/mol. The summed E-state index contributed by atoms with van der Waals surface area (Å²) in [6, 6.07) is 0. The maximum Gasteiger partial charge on any atom is 0.222 e. The topological polar surface area (TPSA) is 105 Å². The van der Waals surface area contributed by atoms with E-state index in [2.05, 4.69) is 12.2 Å². The summed E-state index contributed by atoms with van der Waals surface area (Å²) in [6.07, 6.45) is 2.27. The summed E-state index contributed by atoms with van der Waals surface area (Å²) in [6.45, 7) is 2.29. The van der Waals surface area contributed by atoms with E-state index in [9.17, 15) is 4.79 Å². The van der Waals surface area contributed by atoms with Crippen molar-refractivity contribution < 1.29 is 19.7 Å². The molecule has 0 saturated carbocycles. The molecule has 0 aromatic rings. The minimum absolute atomic E-state index is 0.0300. The fraction of sp³-hybridized carbons (Fsp3) is 0.909. The van der Waals surface area contributed by atoms with Crippen molar-refractivity contribution in [1.29, 1.82) is 0 Å². The van der Waals surface area contributed by atoms with Crippen LogP contribution in [0.25, 0.3) is 0 Å². The van der Waals surface area contributed by atoms with Gasteiger partial charge in [-0.2, -0.15) is 0 Å². The average Bonchev–Trinajstić information content (AvgIpc) is 2.35. The zero-order valence-corrected chi connectivity index (χ0v) is 10.4. The van der Waals surface area contributed by atoms with E-state index in [-0.39, 0.29) is 38.8 Å². The van der Waals surface area contributed by atoms with Crippen molar-refractivity contribution in [2.75, 3.05) is 33.0 Å². The van der Waals surface area contributed by atoms with Gasteiger partial charge in [-0.15, -0.1) is 0 Å². The lowest BCUT2D eigenvalue weighted by atomic mass is 10.1. The van der Waals surface area contributed by atoms with E-state index in [1.54, 1.807) is 0 Å². The summed E-state index contributed by atoms with van der Waals surface area (Å²) < 4.78 is 5.15. The predicted octanol–water partition coefficient (Wildman–Crippen LogP) is -1.01. The van der Waals surface area contributed by atoms with Gasteiger partial charge in [0.2, 0.25) is 5.91 Å². The molecule has 0 aromatic carbocycles. The Balaban J connectivity index is 3.53. The number of hydrogen-bond donors (Lipinski definition) is 4. The van der Waals surface area contributed by atoms with E-state index >= 15 is 0 Å². The maximum atomic E-state index is 11.3. The van der Waals surface area contributed by atoms with Gasteiger partial charge in [0.15, 0.2) is 0 Å². The van der Waals surface area contributed by atoms with Gasteiger partial charge in [0.1, 0.15) is 0 Å². The second-order valence-corrected chi connectivity index (χ2v) is 4.18. The summed E-state index contributed by atoms with van der Waals surface area (Å²) >= 11 is 0. The first-order chi connectivity index (χ1) is 8.08. The van der Waals surface area contributed by atoms with Crippen molar-refractivity contribution in [3.8, 4) is 0 Å². The van der Waals surface area contributed by atoms with Crippen LogP contribution in [-0.2, 0) is 9.53 Å². The lowest BCUT2D eigenvalue weighted by molar-refractivity contribution is -0.122. The summed E-state index contributed by atoms with van der Waals surface area (Å²) in [7, 11) is 0. The van der Waals surface area contributed by atoms with Gasteiger partial charge in [-0.3, -0.25) is 4.79 Å². The third kappa shape index (κ3) is 8.09. The highest BCUT2D eigenvalue weighted by atomic mass is 16.5. The Morgan fingerprint density at radius 2 is 2.06 bits per heavy atom. The molecule has 0 heterocycles. The van der Waals surface area contributed by atoms with Gasteiger partial charge in [-0.1, -0.05) is 13.3 Å². The molecule has 0 atom stereocenters. The summed E-state index contributed by atoms with van der Waals surface area (Å²) in [5.74, 6) is -0.0610. The normalized spacial score (nSPS) is 11.5. The average molecular weight is 248 g/mol. The molecule has 6 heteroatoms. The van der Waals surface area contributed by atoms with Crippen LogP contribution in [0.5, 0.6) is 0 Å². The molecule has 0 aromatic heterocycles. The molecule has 0 bridgehead atoms. The third-order valence-electron chi connectivity index (χ3n) is 2.35. The largest absolute Gasteiger partial charge is 0.394 e. The maximum absolute atomic E-state index is 11.3. The van der Waals surface area contributed by atoms with E-state index < -0.39 is 5.54 Å². The zero-order chi connectivity index (χ0) is 13.1. The van der Waals surface area contributed by atoms with Crippen LogP contribution in [0.4, 0.5) is 0 Å². The highest BCUT2D eigenvalue weighted by molar-refractivity contribution is 5.75. The van der Waals surface area contributed by atoms with E-state index in [1.807, 2.05) is 0 Å². The molecule has 0 spiro atoms. The van der Waals surface area contributed by atoms with E-state index in [0.29, 0.717) is 6.54 Å². The standard InChI is InChI=1S/C11H24N2O4/c1-2-3-5-13-10(16)4-6-17-9-11(12,7-14)8-15/h14-15H,2-9,12H2,1H3,(H,13,16). The van der Waals surface area contributed by atoms with Gasteiger partial charge in [0, 0.05) is 13.0 Å². The molecule has 0 aliphatic heterocycles. The van der Waals surface area contributed by atoms with Gasteiger partial charge in [0.05, 0.1) is 32.0 Å². The molecule has 0 rings (SSSR count). The van der Waals surface area contributed by atoms with Crippen LogP contribution in [-0.4, -0.2) is 54.6 Å². The number of aliphatic hydroxyl groups excluding tert-OH is 2. The molecule has 0 aliphatic rings. The quantitative estimate of drug-likeness (QED) is 0.371. The lowest BCUT2D eigenvalue weighted by Crippen LogP contribution is -2.51. The molecule has 0 radical (unpaired) electrons. The van der Waals surface area contributed by atoms with Crippen LogP contribution in [0.1, 0.15) is 26.2 Å². The number of carbonyl (C=O) groups excluding carboxylic acids is 1. The second-order valence-electron chi connectivity index (χ2n) is 4.18. The van der Waals surface area contributed by atoms with Gasteiger partial charge >= 0.3 is 0 Å². The molecule has 17 heavy (non-hydrogen) atoms. The van der Waals surface area contributed by atoms with Gasteiger partial charge in [0.25, 0.3) is 0 Å². The van der Waals surface area contributed by atoms with Gasteiger partial charge in [-0.25, -0.2) is 0 Å². The van der Waals surface area contributed by atoms with Crippen LogP contribution in [0.3, 0.4) is 0 Å². The highest BCUT2D eigenvalue weighted by Gasteiger charge is 2.23. The Morgan fingerprint density at radius 1 is 1.41 bits per heavy atom. The van der Waals surface area contributed by atoms with Gasteiger partial charge < -0.3 is 26.0 Å². The second kappa shape index (κ2) is 9.35. The van der Waals surface area contributed by atoms with Crippen LogP contribution in [0, 0.1) is 0 Å². The Kier molecular flexibility index (Phi) is 8.97. The fourth-order valence-electron chi connectivity index (χ4n) is 1.07. The Bertz CT molecular complexity index is 208. The number of hydrogen-bond acceptors (Lipinski definition) is 5. The lowest BCUT2D eigenvalue weighted by Gasteiger charge is -2.23. The third-order valence-corrected chi connectivity index (χ3v) is 2.35. The SMILES string of the molecule is CCCCNC(=O)CCOCC(N)(CO)CO. The monoisotopic (exact) mass is 248 g/mol. The number of nitrogens with one attached hydrogen (secondary N) is 1. The fourth-order valence-corrected chi connectivity index (χ4v) is 1.07. The molecule has 0 unspecified atom stereocenters. The number of nitrogens with two attached hydrogens (primary N) is 1. The van der Waals surface area contributed by atoms with E-state index in [1.165, 1.54) is 0 Å². The van der Waals surface area contributed by atoms with E-state index in [4.69, 9.17) is 20.7 Å². The predicted molar refractivity (Wildman–Crippen MR) is 64.4 cm³/mol. The number of unbranched alkanes of at least 4 members (excludes halogenated alkanes) is 1. The van der Waals surface area contributed by atoms with Crippen molar-refractivity contribution >= 4 is 5.91 Å². The van der Waals surface area contributed by atoms with Crippen LogP contribution >= 0.6 is 0 Å². The van der Waals surface area contributed by atoms with Crippen molar-refractivity contribution in [3.63, 3.8) is 0 Å². The first kappa shape index (κ1) is 16.3. The molecule has 102 valence electrons. The Morgan fingerprint density at radius 3 is 2.59 bits per heavy atom. The van der Waals surface area contributed by atoms with Crippen molar-refractivity contribution in [2.45, 2.75) is 31.7 Å². The molecule has 0 saturated heterocycles. The molecule has 1 amide bonds. The number of ether oxygens (including phenoxy) is 1. The zero-order valence-electron chi connectivity index (χ0n) is 10.4. The summed E-state index contributed by atoms with van der Waals surface area (Å²) in [4.78, 5) is 11.3. The molecule has 6 nitrogen and oxygen atoms in total. The van der Waals surface area contributed by atoms with Crippen molar-refractivity contribution in [2.24, 2.45) is 5.73 Å². The Labute approximate surface area is 102 Å². The minimum atomic E-state index is -1.13. The summed E-state index contributed by atoms with van der Waals surface area (Å²) in [5, 5.41) is 20.5. The first-order valence-electron chi connectivity index (χ1n) is 5.93. The van der Waals surface area contributed by atoms with Crippen LogP contribution < -0.4 is 11.1 Å². The molecule has 0 fully saturated rings. The highest BCUT2D eigenvalue weighted by Crippen LogP contribution is 1.99. The first-order valence-corrected chi connectivity index (χ1v) is 5.93. The number of carbonyl (C=O) groups is 1. The van der Waals surface area contributed by atoms with E-state index in [0.717, 1.165) is 12.8 Å². The number of rotatable bonds is 10. The van der Waals surface area contributed by atoms with Crippen molar-refractivity contribution in [3.05, 3.63) is 0 Å². The van der Waals surface area contributed by atoms with Gasteiger partial charge in [-0.05, 0) is 6.42 Å². The smallest absolute Gasteiger partial charge is 0.222 e. The Hall–Kier alpha value is -0.690. The minimum Gasteiger partial charge on any atom is -0.394 e. The number of amides is 1. The van der Waals surface area contributed by atoms with Crippen LogP contribution in [0.15, 0.2) is 0 Å². The number of aliphatic hydroxyl groups is 2. The summed E-state index contributed by atoms with van der Waals surface area (Å²) in [5.41, 5.74) is 4.46. The molecule has 5 N–H and O–H groups in total. The molecule has 0 aliphatic carbocycles. The van der Waals surface area contributed by atoms with Crippen molar-refractivity contribution in [1.82, 2.24) is 5.32 Å².